The molecule has 0 aliphatic heterocycles. The Balaban J connectivity index is -0.000000405. The number of carbonyl (C=O) groups is 2. The number of ether oxygens (including phenoxy) is 1. The normalized spacial score (nSPS) is 8.18. The number of hydrogen-bond donors (Lipinski definition) is 0. The van der Waals surface area contributed by atoms with Crippen LogP contribution in [-0.2, 0) is 14.3 Å². The molecule has 0 radical (unpaired) electrons. The van der Waals surface area contributed by atoms with E-state index in [1.54, 1.807) is 13.8 Å². The fraction of sp³-hybridized carbons (Fsp3) is 0.714. The van der Waals surface area contributed by atoms with Crippen LogP contribution in [0.4, 0.5) is 0 Å². The van der Waals surface area contributed by atoms with Gasteiger partial charge in [-0.1, -0.05) is 6.92 Å². The van der Waals surface area contributed by atoms with Gasteiger partial charge in [0.25, 0.3) is 0 Å². The fourth-order valence-corrected chi connectivity index (χ4v) is 0.498. The van der Waals surface area contributed by atoms with Gasteiger partial charge in [0.05, 0.1) is 6.61 Å². The Morgan fingerprint density at radius 1 is 1.36 bits per heavy atom. The van der Waals surface area contributed by atoms with Crippen molar-refractivity contribution >= 4 is 11.8 Å². The van der Waals surface area contributed by atoms with Crippen LogP contribution in [0.3, 0.4) is 0 Å². The first-order chi connectivity index (χ1) is 4.70. The molecule has 4 heteroatoms. The smallest absolute Gasteiger partial charge is 1.00 e. The molecule has 0 aliphatic rings. The first-order valence-corrected chi connectivity index (χ1v) is 3.38. The van der Waals surface area contributed by atoms with Gasteiger partial charge in [-0.2, -0.15) is 0 Å². The molecular weight excluding hydrogens is 171 g/mol. The van der Waals surface area contributed by atoms with E-state index in [1.165, 1.54) is 0 Å². The second kappa shape index (κ2) is 8.87. The minimum Gasteiger partial charge on any atom is -1.00 e. The van der Waals surface area contributed by atoms with Crippen molar-refractivity contribution in [1.82, 2.24) is 0 Å². The predicted molar refractivity (Wildman–Crippen MR) is 37.7 cm³/mol. The zero-order valence-electron chi connectivity index (χ0n) is 8.35. The zero-order valence-corrected chi connectivity index (χ0v) is 10.5. The predicted octanol–water partition coefficient (Wildman–Crippen LogP) is -1.96. The average molecular weight is 184 g/mol. The summed E-state index contributed by atoms with van der Waals surface area (Å²) in [4.78, 5) is 21.2. The second-order valence-electron chi connectivity index (χ2n) is 1.87. The van der Waals surface area contributed by atoms with Gasteiger partial charge in [0.1, 0.15) is 12.2 Å². The van der Waals surface area contributed by atoms with Crippen molar-refractivity contribution in [2.75, 3.05) is 6.61 Å². The molecule has 0 N–H and O–H groups in total. The van der Waals surface area contributed by atoms with Crippen LogP contribution in [0.1, 0.15) is 28.1 Å². The quantitative estimate of drug-likeness (QED) is 0.289. The maximum absolute atomic E-state index is 10.6. The fourth-order valence-electron chi connectivity index (χ4n) is 0.498. The van der Waals surface area contributed by atoms with E-state index in [0.29, 0.717) is 13.0 Å². The third kappa shape index (κ3) is 8.68. The average Bonchev–Trinajstić information content (AvgIpc) is 1.88. The summed E-state index contributed by atoms with van der Waals surface area (Å²) in [7, 11) is 0. The summed E-state index contributed by atoms with van der Waals surface area (Å²) in [6, 6.07) is 0. The van der Waals surface area contributed by atoms with Crippen LogP contribution >= 0.6 is 0 Å². The Morgan fingerprint density at radius 3 is 2.27 bits per heavy atom. The van der Waals surface area contributed by atoms with E-state index in [0.717, 1.165) is 0 Å². The van der Waals surface area contributed by atoms with Crippen LogP contribution in [0.2, 0.25) is 0 Å². The van der Waals surface area contributed by atoms with E-state index in [4.69, 9.17) is 0 Å². The van der Waals surface area contributed by atoms with Gasteiger partial charge in [0.15, 0.2) is 0 Å². The second-order valence-corrected chi connectivity index (χ2v) is 1.87. The van der Waals surface area contributed by atoms with E-state index >= 15 is 0 Å². The number of Topliss-reactive ketones (excluding diaryl/α,β-unsaturated/α-hetero) is 1. The summed E-state index contributed by atoms with van der Waals surface area (Å²) in [5.41, 5.74) is 0. The molecule has 0 amide bonds. The van der Waals surface area contributed by atoms with E-state index < -0.39 is 5.97 Å². The molecule has 0 aromatic rings. The van der Waals surface area contributed by atoms with Gasteiger partial charge in [-0.05, 0) is 6.92 Å². The molecule has 3 nitrogen and oxygen atoms in total. The maximum Gasteiger partial charge on any atom is 1.00 e. The third-order valence-corrected chi connectivity index (χ3v) is 1.04. The van der Waals surface area contributed by atoms with Crippen LogP contribution < -0.4 is 51.4 Å². The third-order valence-electron chi connectivity index (χ3n) is 1.04. The van der Waals surface area contributed by atoms with Crippen molar-refractivity contribution in [3.8, 4) is 0 Å². The maximum atomic E-state index is 10.6. The Hall–Kier alpha value is 0.776. The Kier molecular flexibility index (Phi) is 11.5. The SMILES string of the molecule is CCOC(=O)CC(=O)CC.[H-].[K+]. The van der Waals surface area contributed by atoms with Crippen LogP contribution in [0.15, 0.2) is 0 Å². The molecule has 0 saturated carbocycles. The molecule has 0 rings (SSSR count). The number of hydrogen-bond acceptors (Lipinski definition) is 3. The van der Waals surface area contributed by atoms with Crippen LogP contribution in [-0.4, -0.2) is 18.4 Å². The van der Waals surface area contributed by atoms with Crippen LogP contribution in [0.25, 0.3) is 0 Å². The molecule has 11 heavy (non-hydrogen) atoms. The molecule has 0 aromatic carbocycles. The number of carbonyl (C=O) groups excluding carboxylic acids is 2. The van der Waals surface area contributed by atoms with Crippen molar-refractivity contribution in [3.63, 3.8) is 0 Å². The van der Waals surface area contributed by atoms with Crippen molar-refractivity contribution in [2.45, 2.75) is 26.7 Å². The van der Waals surface area contributed by atoms with Gasteiger partial charge in [-0.3, -0.25) is 9.59 Å². The first kappa shape index (κ1) is 14.3. The summed E-state index contributed by atoms with van der Waals surface area (Å²) in [6.07, 6.45) is 0.323. The van der Waals surface area contributed by atoms with Crippen molar-refractivity contribution in [2.24, 2.45) is 0 Å². The van der Waals surface area contributed by atoms with Gasteiger partial charge >= 0.3 is 57.4 Å². The summed E-state index contributed by atoms with van der Waals surface area (Å²) in [6.45, 7) is 3.78. The molecule has 0 fully saturated rings. The Bertz CT molecular complexity index is 139. The number of esters is 1. The molecule has 0 aromatic heterocycles. The topological polar surface area (TPSA) is 43.4 Å². The minimum atomic E-state index is -0.422. The molecule has 60 valence electrons. The van der Waals surface area contributed by atoms with E-state index in [2.05, 4.69) is 4.74 Å². The molecule has 0 heterocycles. The van der Waals surface area contributed by atoms with Crippen molar-refractivity contribution < 1.29 is 67.1 Å². The molecule has 0 unspecified atom stereocenters. The summed E-state index contributed by atoms with van der Waals surface area (Å²) in [5.74, 6) is -0.493. The van der Waals surface area contributed by atoms with Crippen molar-refractivity contribution in [1.29, 1.82) is 0 Å². The van der Waals surface area contributed by atoms with Gasteiger partial charge in [0.2, 0.25) is 0 Å². The Morgan fingerprint density at radius 2 is 1.91 bits per heavy atom. The zero-order chi connectivity index (χ0) is 7.98. The molecule has 0 saturated heterocycles. The first-order valence-electron chi connectivity index (χ1n) is 3.38. The Labute approximate surface area is 111 Å². The van der Waals surface area contributed by atoms with Gasteiger partial charge in [0, 0.05) is 6.42 Å². The number of ketones is 1. The molecule has 0 atom stereocenters. The molecule has 0 spiro atoms. The van der Waals surface area contributed by atoms with E-state index in [9.17, 15) is 9.59 Å². The van der Waals surface area contributed by atoms with Crippen LogP contribution in [0.5, 0.6) is 0 Å². The van der Waals surface area contributed by atoms with E-state index in [1.807, 2.05) is 0 Å². The minimum absolute atomic E-state index is 0. The van der Waals surface area contributed by atoms with Gasteiger partial charge < -0.3 is 6.16 Å². The monoisotopic (exact) mass is 184 g/mol. The van der Waals surface area contributed by atoms with Crippen LogP contribution in [0, 0.1) is 0 Å². The van der Waals surface area contributed by atoms with Crippen molar-refractivity contribution in [3.05, 3.63) is 0 Å². The standard InChI is InChI=1S/C7H12O3.K.H/c1-3-6(8)5-7(9)10-4-2;;/h3-5H2,1-2H3;;/q;+1;-1. The van der Waals surface area contributed by atoms with Gasteiger partial charge in [-0.25, -0.2) is 0 Å². The number of rotatable bonds is 4. The molecule has 0 bridgehead atoms. The summed E-state index contributed by atoms with van der Waals surface area (Å²) >= 11 is 0. The van der Waals surface area contributed by atoms with E-state index in [-0.39, 0.29) is 65.0 Å². The summed E-state index contributed by atoms with van der Waals surface area (Å²) < 4.78 is 4.55. The largest absolute Gasteiger partial charge is 1.00 e. The van der Waals surface area contributed by atoms with Gasteiger partial charge in [-0.15, -0.1) is 0 Å². The molecular formula is C7H13KO3. The summed E-state index contributed by atoms with van der Waals surface area (Å²) in [5, 5.41) is 0. The molecule has 0 aliphatic carbocycles.